The van der Waals surface area contributed by atoms with Gasteiger partial charge in [0.25, 0.3) is 0 Å². The molecule has 118 valence electrons. The van der Waals surface area contributed by atoms with Crippen molar-refractivity contribution < 1.29 is 27.8 Å². The Morgan fingerprint density at radius 3 is 2.33 bits per heavy atom. The number of carboxylic acid groups (broad SMARTS) is 1. The number of hydrogen-bond acceptors (Lipinski definition) is 2. The second-order valence-electron chi connectivity index (χ2n) is 6.58. The molecule has 21 heavy (non-hydrogen) atoms. The summed E-state index contributed by atoms with van der Waals surface area (Å²) in [6.07, 6.45) is 0.344. The zero-order chi connectivity index (χ0) is 16.1. The van der Waals surface area contributed by atoms with Gasteiger partial charge in [-0.25, -0.2) is 4.79 Å². The highest BCUT2D eigenvalue weighted by Crippen LogP contribution is 2.66. The van der Waals surface area contributed by atoms with Gasteiger partial charge in [0.1, 0.15) is 5.60 Å². The molecule has 0 bridgehead atoms. The summed E-state index contributed by atoms with van der Waals surface area (Å²) in [6.45, 7) is 5.83. The van der Waals surface area contributed by atoms with Gasteiger partial charge in [0.05, 0.1) is 11.2 Å². The number of rotatable bonds is 3. The summed E-state index contributed by atoms with van der Waals surface area (Å²) in [6, 6.07) is 0. The summed E-state index contributed by atoms with van der Waals surface area (Å²) in [5.74, 6) is -1.62. The van der Waals surface area contributed by atoms with Crippen molar-refractivity contribution in [3.05, 3.63) is 23.8 Å². The monoisotopic (exact) mass is 304 g/mol. The lowest BCUT2D eigenvalue weighted by molar-refractivity contribution is -0.132. The predicted molar refractivity (Wildman–Crippen MR) is 70.8 cm³/mol. The third-order valence-electron chi connectivity index (χ3n) is 4.70. The largest absolute Gasteiger partial charge is 0.478 e. The number of ether oxygens (including phenoxy) is 1. The smallest absolute Gasteiger partial charge is 0.416 e. The van der Waals surface area contributed by atoms with E-state index in [-0.39, 0.29) is 11.5 Å². The van der Waals surface area contributed by atoms with Crippen molar-refractivity contribution in [2.24, 2.45) is 5.41 Å². The molecule has 6 heteroatoms. The molecule has 1 N–H and O–H groups in total. The molecule has 0 amide bonds. The van der Waals surface area contributed by atoms with E-state index in [0.717, 1.165) is 25.3 Å². The van der Waals surface area contributed by atoms with Crippen molar-refractivity contribution in [2.45, 2.75) is 57.4 Å². The van der Waals surface area contributed by atoms with Crippen LogP contribution in [0.3, 0.4) is 0 Å². The van der Waals surface area contributed by atoms with Gasteiger partial charge >= 0.3 is 12.1 Å². The van der Waals surface area contributed by atoms with Crippen LogP contribution in [0, 0.1) is 5.41 Å². The zero-order valence-corrected chi connectivity index (χ0v) is 12.3. The molecular formula is C15H19F3O3. The number of carbonyl (C=O) groups is 1. The lowest BCUT2D eigenvalue weighted by Gasteiger charge is -2.36. The van der Waals surface area contributed by atoms with Gasteiger partial charge in [-0.3, -0.25) is 0 Å². The minimum absolute atomic E-state index is 0.183. The molecule has 1 heterocycles. The van der Waals surface area contributed by atoms with E-state index in [2.05, 4.69) is 0 Å². The van der Waals surface area contributed by atoms with Crippen molar-refractivity contribution in [3.8, 4) is 0 Å². The Morgan fingerprint density at radius 2 is 1.86 bits per heavy atom. The van der Waals surface area contributed by atoms with E-state index in [1.807, 2.05) is 20.8 Å². The summed E-state index contributed by atoms with van der Waals surface area (Å²) in [5, 5.41) is 8.57. The number of alkyl halides is 3. The number of carboxylic acids is 1. The molecule has 1 aliphatic carbocycles. The maximum atomic E-state index is 12.8. The Bertz CT molecular complexity index is 519. The van der Waals surface area contributed by atoms with Gasteiger partial charge in [-0.15, -0.1) is 0 Å². The maximum Gasteiger partial charge on any atom is 0.416 e. The normalized spacial score (nSPS) is 35.6. The molecule has 0 aromatic heterocycles. The highest BCUT2D eigenvalue weighted by atomic mass is 19.4. The lowest BCUT2D eigenvalue weighted by Crippen LogP contribution is -2.41. The molecule has 2 atom stereocenters. The Labute approximate surface area is 121 Å². The fraction of sp³-hybridized carbons (Fsp3) is 0.667. The van der Waals surface area contributed by atoms with Crippen molar-refractivity contribution in [1.82, 2.24) is 0 Å². The van der Waals surface area contributed by atoms with E-state index < -0.39 is 28.9 Å². The molecule has 2 aliphatic rings. The molecule has 2 fully saturated rings. The van der Waals surface area contributed by atoms with Crippen molar-refractivity contribution in [3.63, 3.8) is 0 Å². The van der Waals surface area contributed by atoms with Gasteiger partial charge in [-0.2, -0.15) is 13.2 Å². The molecule has 1 aliphatic heterocycles. The third kappa shape index (κ3) is 2.61. The van der Waals surface area contributed by atoms with Gasteiger partial charge in [0.2, 0.25) is 0 Å². The van der Waals surface area contributed by atoms with Crippen LogP contribution in [0.4, 0.5) is 13.2 Å². The molecule has 3 nitrogen and oxygen atoms in total. The number of epoxide rings is 1. The van der Waals surface area contributed by atoms with E-state index in [1.165, 1.54) is 6.08 Å². The van der Waals surface area contributed by atoms with Crippen molar-refractivity contribution in [2.75, 3.05) is 0 Å². The highest BCUT2D eigenvalue weighted by Gasteiger charge is 2.73. The Kier molecular flexibility index (Phi) is 3.52. The number of hydrogen-bond donors (Lipinski definition) is 1. The van der Waals surface area contributed by atoms with Crippen LogP contribution in [0.25, 0.3) is 0 Å². The van der Waals surface area contributed by atoms with Crippen LogP contribution < -0.4 is 0 Å². The minimum Gasteiger partial charge on any atom is -0.478 e. The molecule has 0 spiro atoms. The summed E-state index contributed by atoms with van der Waals surface area (Å²) in [7, 11) is 0. The second-order valence-corrected chi connectivity index (χ2v) is 6.58. The Hall–Kier alpha value is -1.30. The Morgan fingerprint density at radius 1 is 1.24 bits per heavy atom. The summed E-state index contributed by atoms with van der Waals surface area (Å²) >= 11 is 0. The second kappa shape index (κ2) is 4.60. The molecule has 2 rings (SSSR count). The van der Waals surface area contributed by atoms with Crippen LogP contribution in [-0.4, -0.2) is 28.5 Å². The predicted octanol–water partition coefficient (Wildman–Crippen LogP) is 3.85. The first kappa shape index (κ1) is 16.1. The highest BCUT2D eigenvalue weighted by molar-refractivity contribution is 5.81. The van der Waals surface area contributed by atoms with Gasteiger partial charge in [-0.1, -0.05) is 19.9 Å². The first-order valence-corrected chi connectivity index (χ1v) is 6.85. The van der Waals surface area contributed by atoms with Crippen LogP contribution in [-0.2, 0) is 9.53 Å². The van der Waals surface area contributed by atoms with Crippen molar-refractivity contribution in [1.29, 1.82) is 0 Å². The number of aliphatic carboxylic acids is 1. The fourth-order valence-electron chi connectivity index (χ4n) is 3.47. The molecule has 1 saturated heterocycles. The third-order valence-corrected chi connectivity index (χ3v) is 4.70. The van der Waals surface area contributed by atoms with Crippen LogP contribution in [0.15, 0.2) is 23.8 Å². The molecule has 0 aromatic carbocycles. The molecule has 2 unspecified atom stereocenters. The van der Waals surface area contributed by atoms with E-state index in [0.29, 0.717) is 0 Å². The Balaban J connectivity index is 2.33. The quantitative estimate of drug-likeness (QED) is 0.489. The van der Waals surface area contributed by atoms with E-state index in [4.69, 9.17) is 9.84 Å². The average Bonchev–Trinajstić information content (AvgIpc) is 2.90. The van der Waals surface area contributed by atoms with Gasteiger partial charge in [0, 0.05) is 11.5 Å². The number of halogens is 3. The summed E-state index contributed by atoms with van der Waals surface area (Å²) in [5.41, 5.74) is -2.66. The lowest BCUT2D eigenvalue weighted by atomic mass is 9.64. The first-order chi connectivity index (χ1) is 9.44. The van der Waals surface area contributed by atoms with Crippen LogP contribution in [0.2, 0.25) is 0 Å². The summed E-state index contributed by atoms with van der Waals surface area (Å²) < 4.78 is 44.3. The van der Waals surface area contributed by atoms with Crippen LogP contribution in [0.5, 0.6) is 0 Å². The zero-order valence-electron chi connectivity index (χ0n) is 12.3. The standard InChI is InChI=1S/C15H19F3O3/c1-12(2)6-4-7-13(3)14(12,21-13)8-5-10(9-11(19)20)15(16,17)18/h5,8-9H,4,6-7H2,1-3H3,(H,19,20). The molecule has 0 radical (unpaired) electrons. The average molecular weight is 304 g/mol. The number of allylic oxidation sites excluding steroid dienone is 2. The number of fused-ring (bicyclic) bond motifs is 1. The summed E-state index contributed by atoms with van der Waals surface area (Å²) in [4.78, 5) is 10.5. The van der Waals surface area contributed by atoms with Crippen LogP contribution in [0.1, 0.15) is 40.0 Å². The van der Waals surface area contributed by atoms with E-state index in [1.54, 1.807) is 0 Å². The van der Waals surface area contributed by atoms with E-state index in [9.17, 15) is 18.0 Å². The fourth-order valence-corrected chi connectivity index (χ4v) is 3.47. The molecule has 0 aromatic rings. The topological polar surface area (TPSA) is 49.8 Å². The van der Waals surface area contributed by atoms with E-state index >= 15 is 0 Å². The first-order valence-electron chi connectivity index (χ1n) is 6.85. The van der Waals surface area contributed by atoms with Gasteiger partial charge < -0.3 is 9.84 Å². The van der Waals surface area contributed by atoms with Crippen LogP contribution >= 0.6 is 0 Å². The molecular weight excluding hydrogens is 285 g/mol. The van der Waals surface area contributed by atoms with Gasteiger partial charge in [0.15, 0.2) is 0 Å². The SMILES string of the molecule is CC1(C)CCCC2(C)OC12C=CC(=CC(=O)O)C(F)(F)F. The molecule has 1 saturated carbocycles. The van der Waals surface area contributed by atoms with Gasteiger partial charge in [-0.05, 0) is 32.3 Å². The van der Waals surface area contributed by atoms with Crippen molar-refractivity contribution >= 4 is 5.97 Å². The maximum absolute atomic E-state index is 12.8. The minimum atomic E-state index is -4.70.